The SMILES string of the molecule is CC(CO)c1cnc(CC2CCCN2C(C)C)s1. The molecule has 1 N–H and O–H groups in total. The van der Waals surface area contributed by atoms with Crippen molar-refractivity contribution in [3.05, 3.63) is 16.1 Å². The maximum absolute atomic E-state index is 9.17. The smallest absolute Gasteiger partial charge is 0.0943 e. The van der Waals surface area contributed by atoms with Crippen LogP contribution in [0.5, 0.6) is 0 Å². The summed E-state index contributed by atoms with van der Waals surface area (Å²) < 4.78 is 0. The first-order valence-electron chi connectivity index (χ1n) is 6.93. The van der Waals surface area contributed by atoms with Crippen LogP contribution in [0, 0.1) is 0 Å². The Bertz CT molecular complexity index is 378. The fourth-order valence-corrected chi connectivity index (χ4v) is 3.73. The highest BCUT2D eigenvalue weighted by atomic mass is 32.1. The number of nitrogens with zero attached hydrogens (tertiary/aromatic N) is 2. The lowest BCUT2D eigenvalue weighted by molar-refractivity contribution is 0.202. The van der Waals surface area contributed by atoms with Gasteiger partial charge in [-0.2, -0.15) is 0 Å². The van der Waals surface area contributed by atoms with Crippen LogP contribution in [0.3, 0.4) is 0 Å². The molecule has 2 heterocycles. The van der Waals surface area contributed by atoms with Crippen molar-refractivity contribution in [1.29, 1.82) is 0 Å². The molecule has 1 aliphatic heterocycles. The Hall–Kier alpha value is -0.450. The molecule has 102 valence electrons. The molecule has 2 atom stereocenters. The third kappa shape index (κ3) is 3.11. The molecule has 0 spiro atoms. The number of rotatable bonds is 5. The van der Waals surface area contributed by atoms with E-state index in [1.807, 2.05) is 13.1 Å². The van der Waals surface area contributed by atoms with E-state index in [0.29, 0.717) is 12.1 Å². The Balaban J connectivity index is 1.98. The molecule has 1 aromatic rings. The molecule has 1 aliphatic rings. The van der Waals surface area contributed by atoms with E-state index in [0.717, 1.165) is 6.42 Å². The summed E-state index contributed by atoms with van der Waals surface area (Å²) in [6, 6.07) is 1.29. The Morgan fingerprint density at radius 1 is 1.50 bits per heavy atom. The molecule has 1 fully saturated rings. The van der Waals surface area contributed by atoms with Crippen molar-refractivity contribution in [1.82, 2.24) is 9.88 Å². The van der Waals surface area contributed by atoms with E-state index in [1.54, 1.807) is 11.3 Å². The van der Waals surface area contributed by atoms with Gasteiger partial charge in [0.15, 0.2) is 0 Å². The highest BCUT2D eigenvalue weighted by Crippen LogP contribution is 2.27. The van der Waals surface area contributed by atoms with Crippen LogP contribution < -0.4 is 0 Å². The van der Waals surface area contributed by atoms with E-state index in [9.17, 15) is 0 Å². The van der Waals surface area contributed by atoms with Crippen molar-refractivity contribution in [3.8, 4) is 0 Å². The maximum atomic E-state index is 9.17. The lowest BCUT2D eigenvalue weighted by Crippen LogP contribution is -2.36. The average Bonchev–Trinajstić information content (AvgIpc) is 2.97. The molecule has 3 nitrogen and oxygen atoms in total. The second-order valence-electron chi connectivity index (χ2n) is 5.57. The summed E-state index contributed by atoms with van der Waals surface area (Å²) in [6.07, 6.45) is 5.62. The lowest BCUT2D eigenvalue weighted by Gasteiger charge is -2.27. The first-order chi connectivity index (χ1) is 8.61. The van der Waals surface area contributed by atoms with E-state index < -0.39 is 0 Å². The lowest BCUT2D eigenvalue weighted by atomic mass is 10.1. The zero-order chi connectivity index (χ0) is 13.1. The van der Waals surface area contributed by atoms with Crippen LogP contribution in [0.2, 0.25) is 0 Å². The maximum Gasteiger partial charge on any atom is 0.0943 e. The predicted octanol–water partition coefficient (Wildman–Crippen LogP) is 2.65. The molecule has 0 saturated carbocycles. The third-order valence-electron chi connectivity index (χ3n) is 3.83. The molecule has 2 unspecified atom stereocenters. The highest BCUT2D eigenvalue weighted by molar-refractivity contribution is 7.11. The van der Waals surface area contributed by atoms with Gasteiger partial charge in [0.05, 0.1) is 11.6 Å². The number of thiazole rings is 1. The van der Waals surface area contributed by atoms with Crippen LogP contribution in [-0.4, -0.2) is 40.2 Å². The number of aromatic nitrogens is 1. The molecule has 0 amide bonds. The number of aliphatic hydroxyl groups excluding tert-OH is 1. The minimum Gasteiger partial charge on any atom is -0.396 e. The number of hydrogen-bond acceptors (Lipinski definition) is 4. The zero-order valence-corrected chi connectivity index (χ0v) is 12.4. The van der Waals surface area contributed by atoms with Gasteiger partial charge in [-0.15, -0.1) is 11.3 Å². The van der Waals surface area contributed by atoms with E-state index in [-0.39, 0.29) is 12.5 Å². The zero-order valence-electron chi connectivity index (χ0n) is 11.6. The second-order valence-corrected chi connectivity index (χ2v) is 6.72. The molecular weight excluding hydrogens is 244 g/mol. The van der Waals surface area contributed by atoms with Crippen molar-refractivity contribution in [3.63, 3.8) is 0 Å². The van der Waals surface area contributed by atoms with E-state index in [2.05, 4.69) is 23.7 Å². The summed E-state index contributed by atoms with van der Waals surface area (Å²) in [5, 5.41) is 10.4. The fourth-order valence-electron chi connectivity index (χ4n) is 2.70. The number of hydrogen-bond donors (Lipinski definition) is 1. The van der Waals surface area contributed by atoms with Gasteiger partial charge in [0.25, 0.3) is 0 Å². The summed E-state index contributed by atoms with van der Waals surface area (Å²) in [7, 11) is 0. The molecule has 0 aliphatic carbocycles. The normalized spacial score (nSPS) is 22.8. The second kappa shape index (κ2) is 6.13. The number of likely N-dealkylation sites (tertiary alicyclic amines) is 1. The van der Waals surface area contributed by atoms with Crippen LogP contribution in [0.1, 0.15) is 49.4 Å². The molecule has 1 saturated heterocycles. The fraction of sp³-hybridized carbons (Fsp3) is 0.786. The van der Waals surface area contributed by atoms with Crippen molar-refractivity contribution < 1.29 is 5.11 Å². The summed E-state index contributed by atoms with van der Waals surface area (Å²) in [5.41, 5.74) is 0. The average molecular weight is 268 g/mol. The minimum absolute atomic E-state index is 0.211. The molecule has 0 radical (unpaired) electrons. The van der Waals surface area contributed by atoms with E-state index >= 15 is 0 Å². The summed E-state index contributed by atoms with van der Waals surface area (Å²) >= 11 is 1.77. The van der Waals surface area contributed by atoms with Gasteiger partial charge < -0.3 is 5.11 Å². The van der Waals surface area contributed by atoms with Crippen LogP contribution in [0.4, 0.5) is 0 Å². The molecule has 0 aromatic carbocycles. The van der Waals surface area contributed by atoms with Gasteiger partial charge in [-0.05, 0) is 33.2 Å². The van der Waals surface area contributed by atoms with Crippen molar-refractivity contribution >= 4 is 11.3 Å². The standard InChI is InChI=1S/C14H24N2OS/c1-10(2)16-6-4-5-12(16)7-14-15-8-13(18-14)11(3)9-17/h8,10-12,17H,4-7,9H2,1-3H3. The molecule has 0 bridgehead atoms. The van der Waals surface area contributed by atoms with Crippen molar-refractivity contribution in [2.45, 2.75) is 58.0 Å². The van der Waals surface area contributed by atoms with Crippen LogP contribution >= 0.6 is 11.3 Å². The number of aliphatic hydroxyl groups is 1. The molecule has 4 heteroatoms. The van der Waals surface area contributed by atoms with Gasteiger partial charge in [0, 0.05) is 35.5 Å². The van der Waals surface area contributed by atoms with Crippen LogP contribution in [-0.2, 0) is 6.42 Å². The monoisotopic (exact) mass is 268 g/mol. The summed E-state index contributed by atoms with van der Waals surface area (Å²) in [6.45, 7) is 8.04. The van der Waals surface area contributed by atoms with Gasteiger partial charge in [-0.25, -0.2) is 4.98 Å². The molecule has 18 heavy (non-hydrogen) atoms. The Morgan fingerprint density at radius 2 is 2.28 bits per heavy atom. The summed E-state index contributed by atoms with van der Waals surface area (Å²) in [5.74, 6) is 0.223. The largest absolute Gasteiger partial charge is 0.396 e. The minimum atomic E-state index is 0.211. The Morgan fingerprint density at radius 3 is 2.94 bits per heavy atom. The van der Waals surface area contributed by atoms with Gasteiger partial charge in [0.1, 0.15) is 0 Å². The summed E-state index contributed by atoms with van der Waals surface area (Å²) in [4.78, 5) is 8.33. The quantitative estimate of drug-likeness (QED) is 0.892. The van der Waals surface area contributed by atoms with Gasteiger partial charge in [-0.3, -0.25) is 4.90 Å². The van der Waals surface area contributed by atoms with Gasteiger partial charge in [-0.1, -0.05) is 6.92 Å². The van der Waals surface area contributed by atoms with Crippen molar-refractivity contribution in [2.75, 3.05) is 13.2 Å². The van der Waals surface area contributed by atoms with Crippen LogP contribution in [0.25, 0.3) is 0 Å². The predicted molar refractivity (Wildman–Crippen MR) is 76.2 cm³/mol. The molecule has 2 rings (SSSR count). The van der Waals surface area contributed by atoms with E-state index in [1.165, 1.54) is 29.3 Å². The van der Waals surface area contributed by atoms with Crippen LogP contribution in [0.15, 0.2) is 6.20 Å². The van der Waals surface area contributed by atoms with Crippen molar-refractivity contribution in [2.24, 2.45) is 0 Å². The van der Waals surface area contributed by atoms with E-state index in [4.69, 9.17) is 5.11 Å². The topological polar surface area (TPSA) is 36.4 Å². The first kappa shape index (κ1) is 14.0. The highest BCUT2D eigenvalue weighted by Gasteiger charge is 2.27. The Labute approximate surface area is 114 Å². The third-order valence-corrected chi connectivity index (χ3v) is 5.08. The molecule has 1 aromatic heterocycles. The Kier molecular flexibility index (Phi) is 4.76. The first-order valence-corrected chi connectivity index (χ1v) is 7.74. The molecular formula is C14H24N2OS. The van der Waals surface area contributed by atoms with Gasteiger partial charge >= 0.3 is 0 Å². The van der Waals surface area contributed by atoms with Gasteiger partial charge in [0.2, 0.25) is 0 Å².